The highest BCUT2D eigenvalue weighted by atomic mass is 32.2. The molecule has 5 nitrogen and oxygen atoms in total. The molecule has 1 aromatic heterocycles. The molecule has 0 atom stereocenters. The van der Waals surface area contributed by atoms with Gasteiger partial charge in [-0.05, 0) is 27.7 Å². The Hall–Kier alpha value is -0.950. The minimum absolute atomic E-state index is 0.0248. The second-order valence-electron chi connectivity index (χ2n) is 5.72. The number of nitrogen functional groups attached to an aromatic ring is 1. The summed E-state index contributed by atoms with van der Waals surface area (Å²) < 4.78 is 0.106. The number of hydrogen-bond acceptors (Lipinski definition) is 6. The normalized spacial score (nSPS) is 17.8. The van der Waals surface area contributed by atoms with Crippen molar-refractivity contribution in [3.8, 4) is 0 Å². The predicted molar refractivity (Wildman–Crippen MR) is 92.5 cm³/mol. The first-order chi connectivity index (χ1) is 9.88. The minimum Gasteiger partial charge on any atom is -0.382 e. The molecule has 0 spiro atoms. The quantitative estimate of drug-likeness (QED) is 0.920. The van der Waals surface area contributed by atoms with Crippen molar-refractivity contribution in [1.29, 1.82) is 0 Å². The first kappa shape index (κ1) is 16.4. The summed E-state index contributed by atoms with van der Waals surface area (Å²) >= 11 is 3.32. The highest BCUT2D eigenvalue weighted by Gasteiger charge is 2.32. The Morgan fingerprint density at radius 1 is 1.43 bits per heavy atom. The molecular weight excluding hydrogens is 304 g/mol. The van der Waals surface area contributed by atoms with Crippen molar-refractivity contribution >= 4 is 40.0 Å². The molecule has 0 saturated carbocycles. The van der Waals surface area contributed by atoms with Crippen LogP contribution in [0.5, 0.6) is 0 Å². The fraction of sp³-hybridized carbons (Fsp3) is 0.714. The summed E-state index contributed by atoms with van der Waals surface area (Å²) in [5.41, 5.74) is 5.98. The minimum atomic E-state index is 0.0248. The summed E-state index contributed by atoms with van der Waals surface area (Å²) in [6.45, 7) is 11.8. The molecule has 1 aromatic rings. The van der Waals surface area contributed by atoms with Crippen LogP contribution < -0.4 is 10.6 Å². The lowest BCUT2D eigenvalue weighted by Gasteiger charge is -2.37. The number of rotatable bonds is 4. The zero-order valence-electron chi connectivity index (χ0n) is 13.2. The van der Waals surface area contributed by atoms with E-state index >= 15 is 0 Å². The van der Waals surface area contributed by atoms with Crippen molar-refractivity contribution in [3.05, 3.63) is 4.88 Å². The topological polar surface area (TPSA) is 62.5 Å². The van der Waals surface area contributed by atoms with Crippen LogP contribution in [0, 0.1) is 0 Å². The van der Waals surface area contributed by atoms with Gasteiger partial charge in [-0.3, -0.25) is 4.79 Å². The Morgan fingerprint density at radius 2 is 2.10 bits per heavy atom. The van der Waals surface area contributed by atoms with Crippen molar-refractivity contribution in [2.45, 2.75) is 32.4 Å². The summed E-state index contributed by atoms with van der Waals surface area (Å²) in [6.07, 6.45) is 0. The van der Waals surface area contributed by atoms with E-state index in [1.165, 1.54) is 11.3 Å². The summed E-state index contributed by atoms with van der Waals surface area (Å²) in [5, 5.41) is 0.839. The van der Waals surface area contributed by atoms with Gasteiger partial charge < -0.3 is 15.5 Å². The molecule has 1 aliphatic heterocycles. The van der Waals surface area contributed by atoms with Crippen molar-refractivity contribution in [3.63, 3.8) is 0 Å². The van der Waals surface area contributed by atoms with E-state index in [0.29, 0.717) is 10.7 Å². The monoisotopic (exact) mass is 328 g/mol. The molecule has 0 aromatic carbocycles. The molecule has 2 N–H and O–H groups in total. The lowest BCUT2D eigenvalue weighted by atomic mass is 10.2. The molecule has 1 fully saturated rings. The maximum absolute atomic E-state index is 12.7. The molecule has 1 amide bonds. The molecule has 0 unspecified atom stereocenters. The maximum Gasteiger partial charge on any atom is 0.267 e. The zero-order chi connectivity index (χ0) is 15.6. The van der Waals surface area contributed by atoms with Crippen LogP contribution >= 0.6 is 23.1 Å². The van der Waals surface area contributed by atoms with Gasteiger partial charge in [0.15, 0.2) is 5.13 Å². The van der Waals surface area contributed by atoms with Crippen LogP contribution in [0.1, 0.15) is 37.4 Å². The van der Waals surface area contributed by atoms with E-state index in [4.69, 9.17) is 5.73 Å². The van der Waals surface area contributed by atoms with Crippen molar-refractivity contribution in [2.24, 2.45) is 0 Å². The number of anilines is 2. The molecule has 0 bridgehead atoms. The third-order valence-corrected chi connectivity index (χ3v) is 6.00. The lowest BCUT2D eigenvalue weighted by Crippen LogP contribution is -2.46. The molecule has 1 saturated heterocycles. The van der Waals surface area contributed by atoms with Gasteiger partial charge in [-0.15, -0.1) is 0 Å². The molecule has 2 heterocycles. The highest BCUT2D eigenvalue weighted by molar-refractivity contribution is 8.00. The van der Waals surface area contributed by atoms with Crippen LogP contribution in [0.2, 0.25) is 0 Å². The number of hydrogen-bond donors (Lipinski definition) is 1. The number of amides is 1. The number of nitrogens with two attached hydrogens (primary N) is 1. The number of thioether (sulfide) groups is 1. The standard InChI is InChI=1S/C14H24N4OS2/c1-5-17(6-2)13-16-11(15)10(21-13)12(19)18-7-8-20-14(3,4)9-18/h5-9,15H2,1-4H3. The van der Waals surface area contributed by atoms with Gasteiger partial charge in [-0.1, -0.05) is 11.3 Å². The zero-order valence-corrected chi connectivity index (χ0v) is 14.8. The van der Waals surface area contributed by atoms with Crippen LogP contribution in [-0.2, 0) is 0 Å². The van der Waals surface area contributed by atoms with Gasteiger partial charge in [0.2, 0.25) is 0 Å². The molecule has 1 aliphatic rings. The molecule has 21 heavy (non-hydrogen) atoms. The first-order valence-electron chi connectivity index (χ1n) is 7.32. The number of thiazole rings is 1. The number of nitrogens with zero attached hydrogens (tertiary/aromatic N) is 3. The van der Waals surface area contributed by atoms with Gasteiger partial charge in [0.25, 0.3) is 5.91 Å². The van der Waals surface area contributed by atoms with Gasteiger partial charge >= 0.3 is 0 Å². The van der Waals surface area contributed by atoms with E-state index in [1.807, 2.05) is 16.7 Å². The van der Waals surface area contributed by atoms with E-state index in [2.05, 4.69) is 37.6 Å². The number of carbonyl (C=O) groups is 1. The first-order valence-corrected chi connectivity index (χ1v) is 9.12. The summed E-state index contributed by atoms with van der Waals surface area (Å²) in [4.78, 5) is 21.7. The van der Waals surface area contributed by atoms with Crippen LogP contribution in [0.25, 0.3) is 0 Å². The molecule has 2 rings (SSSR count). The van der Waals surface area contributed by atoms with Crippen molar-refractivity contribution in [1.82, 2.24) is 9.88 Å². The van der Waals surface area contributed by atoms with E-state index in [-0.39, 0.29) is 10.7 Å². The number of aromatic nitrogens is 1. The predicted octanol–water partition coefficient (Wildman–Crippen LogP) is 2.54. The lowest BCUT2D eigenvalue weighted by molar-refractivity contribution is 0.0753. The molecule has 7 heteroatoms. The Balaban J connectivity index is 2.19. The fourth-order valence-electron chi connectivity index (χ4n) is 2.44. The van der Waals surface area contributed by atoms with E-state index in [0.717, 1.165) is 37.1 Å². The molecule has 0 radical (unpaired) electrons. The highest BCUT2D eigenvalue weighted by Crippen LogP contribution is 2.33. The van der Waals surface area contributed by atoms with Crippen molar-refractivity contribution < 1.29 is 4.79 Å². The Labute approximate surface area is 134 Å². The third-order valence-electron chi connectivity index (χ3n) is 3.58. The summed E-state index contributed by atoms with van der Waals surface area (Å²) in [5.74, 6) is 1.36. The molecule has 0 aliphatic carbocycles. The van der Waals surface area contributed by atoms with Crippen LogP contribution in [0.4, 0.5) is 10.9 Å². The van der Waals surface area contributed by atoms with Crippen LogP contribution in [0.3, 0.4) is 0 Å². The van der Waals surface area contributed by atoms with E-state index in [9.17, 15) is 4.79 Å². The largest absolute Gasteiger partial charge is 0.382 e. The average Bonchev–Trinajstić information content (AvgIpc) is 2.80. The Morgan fingerprint density at radius 3 is 2.67 bits per heavy atom. The summed E-state index contributed by atoms with van der Waals surface area (Å²) in [6, 6.07) is 0. The van der Waals surface area contributed by atoms with Gasteiger partial charge in [0.1, 0.15) is 10.7 Å². The van der Waals surface area contributed by atoms with Gasteiger partial charge in [0, 0.05) is 36.7 Å². The van der Waals surface area contributed by atoms with Gasteiger partial charge in [-0.25, -0.2) is 4.98 Å². The second-order valence-corrected chi connectivity index (χ2v) is 8.50. The maximum atomic E-state index is 12.7. The summed E-state index contributed by atoms with van der Waals surface area (Å²) in [7, 11) is 0. The molecule has 118 valence electrons. The smallest absolute Gasteiger partial charge is 0.267 e. The van der Waals surface area contributed by atoms with Gasteiger partial charge in [-0.2, -0.15) is 11.8 Å². The van der Waals surface area contributed by atoms with E-state index < -0.39 is 0 Å². The third kappa shape index (κ3) is 3.63. The van der Waals surface area contributed by atoms with E-state index in [1.54, 1.807) is 0 Å². The Kier molecular flexibility index (Phi) is 5.03. The van der Waals surface area contributed by atoms with Gasteiger partial charge in [0.05, 0.1) is 0 Å². The second kappa shape index (κ2) is 6.44. The van der Waals surface area contributed by atoms with Crippen LogP contribution in [-0.4, -0.2) is 52.5 Å². The average molecular weight is 329 g/mol. The van der Waals surface area contributed by atoms with Crippen molar-refractivity contribution in [2.75, 3.05) is 42.6 Å². The fourth-order valence-corrected chi connectivity index (χ4v) is 4.63. The van der Waals surface area contributed by atoms with Crippen LogP contribution in [0.15, 0.2) is 0 Å². The number of carbonyl (C=O) groups excluding carboxylic acids is 1. The SMILES string of the molecule is CCN(CC)c1nc(N)c(C(=O)N2CCSC(C)(C)C2)s1. The Bertz CT molecular complexity index is 511. The molecular formula is C14H24N4OS2.